The SMILES string of the molecule is Cc1nn(-c2ccccc2)c(CN2C(=O)C(=O)N(CCC3=CCCCC3)C2=O)c1C#N. The van der Waals surface area contributed by atoms with E-state index in [0.717, 1.165) is 35.5 Å². The van der Waals surface area contributed by atoms with Gasteiger partial charge in [0, 0.05) is 6.54 Å². The Balaban J connectivity index is 1.59. The third-order valence-electron chi connectivity index (χ3n) is 5.75. The topological polar surface area (TPSA) is 99.3 Å². The first-order valence-electron chi connectivity index (χ1n) is 10.4. The van der Waals surface area contributed by atoms with Crippen LogP contribution in [-0.4, -0.2) is 44.0 Å². The molecule has 1 aliphatic carbocycles. The van der Waals surface area contributed by atoms with Gasteiger partial charge in [-0.15, -0.1) is 0 Å². The smallest absolute Gasteiger partial charge is 0.263 e. The number of nitrogens with zero attached hydrogens (tertiary/aromatic N) is 5. The summed E-state index contributed by atoms with van der Waals surface area (Å²) in [6, 6.07) is 10.6. The first kappa shape index (κ1) is 20.5. The zero-order valence-corrected chi connectivity index (χ0v) is 17.4. The molecule has 2 heterocycles. The third-order valence-corrected chi connectivity index (χ3v) is 5.75. The molecule has 8 heteroatoms. The number of aromatic nitrogens is 2. The normalized spacial score (nSPS) is 16.6. The number of urea groups is 1. The minimum atomic E-state index is -0.870. The number of hydrogen-bond acceptors (Lipinski definition) is 5. The van der Waals surface area contributed by atoms with Crippen LogP contribution in [0.25, 0.3) is 5.69 Å². The Kier molecular flexibility index (Phi) is 5.67. The Hall–Kier alpha value is -3.73. The maximum Gasteiger partial charge on any atom is 0.334 e. The number of allylic oxidation sites excluding steroid dienone is 1. The summed E-state index contributed by atoms with van der Waals surface area (Å²) in [6.45, 7) is 1.69. The van der Waals surface area contributed by atoms with Crippen molar-refractivity contribution >= 4 is 17.8 Å². The summed E-state index contributed by atoms with van der Waals surface area (Å²) in [5, 5.41) is 14.0. The van der Waals surface area contributed by atoms with Gasteiger partial charge in [0.2, 0.25) is 0 Å². The zero-order chi connectivity index (χ0) is 22.0. The molecule has 1 fully saturated rings. The predicted octanol–water partition coefficient (Wildman–Crippen LogP) is 3.23. The van der Waals surface area contributed by atoms with E-state index in [4.69, 9.17) is 0 Å². The number of aryl methyl sites for hydroxylation is 1. The molecule has 1 aliphatic heterocycles. The molecular weight excluding hydrogens is 394 g/mol. The first-order chi connectivity index (χ1) is 15.0. The van der Waals surface area contributed by atoms with Crippen LogP contribution in [0.5, 0.6) is 0 Å². The van der Waals surface area contributed by atoms with E-state index < -0.39 is 17.8 Å². The summed E-state index contributed by atoms with van der Waals surface area (Å²) in [5.74, 6) is -1.69. The molecule has 0 N–H and O–H groups in total. The van der Waals surface area contributed by atoms with Crippen molar-refractivity contribution in [3.63, 3.8) is 0 Å². The van der Waals surface area contributed by atoms with E-state index >= 15 is 0 Å². The lowest BCUT2D eigenvalue weighted by atomic mass is 9.97. The first-order valence-corrected chi connectivity index (χ1v) is 10.4. The molecule has 1 aromatic carbocycles. The highest BCUT2D eigenvalue weighted by Crippen LogP contribution is 2.25. The number of amides is 4. The van der Waals surface area contributed by atoms with Crippen molar-refractivity contribution in [1.82, 2.24) is 19.6 Å². The summed E-state index contributed by atoms with van der Waals surface area (Å²) in [6.07, 6.45) is 7.00. The van der Waals surface area contributed by atoms with Gasteiger partial charge in [-0.05, 0) is 51.2 Å². The molecule has 158 valence electrons. The van der Waals surface area contributed by atoms with Crippen LogP contribution in [0.2, 0.25) is 0 Å². The summed E-state index contributed by atoms with van der Waals surface area (Å²) in [7, 11) is 0. The second-order valence-electron chi connectivity index (χ2n) is 7.76. The number of para-hydroxylation sites is 1. The van der Waals surface area contributed by atoms with Gasteiger partial charge in [-0.2, -0.15) is 10.4 Å². The second-order valence-corrected chi connectivity index (χ2v) is 7.76. The number of nitriles is 1. The fraction of sp³-hybridized carbons (Fsp3) is 0.348. The maximum atomic E-state index is 12.9. The highest BCUT2D eigenvalue weighted by atomic mass is 16.2. The molecule has 4 rings (SSSR count). The molecule has 31 heavy (non-hydrogen) atoms. The van der Waals surface area contributed by atoms with Crippen molar-refractivity contribution in [2.45, 2.75) is 45.6 Å². The van der Waals surface area contributed by atoms with Crippen LogP contribution in [0.1, 0.15) is 49.1 Å². The van der Waals surface area contributed by atoms with Crippen molar-refractivity contribution in [3.05, 3.63) is 58.9 Å². The maximum absolute atomic E-state index is 12.9. The van der Waals surface area contributed by atoms with Gasteiger partial charge >= 0.3 is 17.8 Å². The monoisotopic (exact) mass is 417 g/mol. The lowest BCUT2D eigenvalue weighted by Crippen LogP contribution is -2.34. The summed E-state index contributed by atoms with van der Waals surface area (Å²) >= 11 is 0. The Morgan fingerprint density at radius 3 is 2.48 bits per heavy atom. The molecule has 0 spiro atoms. The number of carbonyl (C=O) groups is 3. The Morgan fingerprint density at radius 1 is 1.06 bits per heavy atom. The Bertz CT molecular complexity index is 1110. The fourth-order valence-electron chi connectivity index (χ4n) is 4.07. The van der Waals surface area contributed by atoms with Gasteiger partial charge < -0.3 is 0 Å². The van der Waals surface area contributed by atoms with Gasteiger partial charge in [-0.1, -0.05) is 29.8 Å². The average Bonchev–Trinajstić information content (AvgIpc) is 3.22. The third kappa shape index (κ3) is 3.87. The molecule has 8 nitrogen and oxygen atoms in total. The molecular formula is C23H23N5O3. The van der Waals surface area contributed by atoms with Crippen molar-refractivity contribution in [2.24, 2.45) is 0 Å². The van der Waals surface area contributed by atoms with E-state index in [0.29, 0.717) is 29.1 Å². The van der Waals surface area contributed by atoms with Gasteiger partial charge in [0.15, 0.2) is 0 Å². The van der Waals surface area contributed by atoms with Gasteiger partial charge in [0.1, 0.15) is 6.07 Å². The minimum absolute atomic E-state index is 0.188. The minimum Gasteiger partial charge on any atom is -0.263 e. The van der Waals surface area contributed by atoms with E-state index in [1.54, 1.807) is 11.6 Å². The van der Waals surface area contributed by atoms with Gasteiger partial charge in [-0.25, -0.2) is 14.4 Å². The molecule has 0 unspecified atom stereocenters. The highest BCUT2D eigenvalue weighted by molar-refractivity contribution is 6.44. The van der Waals surface area contributed by atoms with Crippen molar-refractivity contribution in [2.75, 3.05) is 6.54 Å². The van der Waals surface area contributed by atoms with Crippen LogP contribution in [0, 0.1) is 18.3 Å². The van der Waals surface area contributed by atoms with Crippen LogP contribution in [-0.2, 0) is 16.1 Å². The number of imide groups is 2. The van der Waals surface area contributed by atoms with E-state index in [9.17, 15) is 19.6 Å². The van der Waals surface area contributed by atoms with Crippen molar-refractivity contribution in [1.29, 1.82) is 5.26 Å². The average molecular weight is 417 g/mol. The second kappa shape index (κ2) is 8.56. The van der Waals surface area contributed by atoms with E-state index in [2.05, 4.69) is 17.2 Å². The molecule has 4 amide bonds. The quantitative estimate of drug-likeness (QED) is 0.408. The van der Waals surface area contributed by atoms with Crippen molar-refractivity contribution < 1.29 is 14.4 Å². The zero-order valence-electron chi connectivity index (χ0n) is 17.4. The van der Waals surface area contributed by atoms with E-state index in [1.165, 1.54) is 5.57 Å². The van der Waals surface area contributed by atoms with Crippen LogP contribution < -0.4 is 0 Å². The highest BCUT2D eigenvalue weighted by Gasteiger charge is 2.45. The number of carbonyl (C=O) groups excluding carboxylic acids is 3. The van der Waals surface area contributed by atoms with Crippen LogP contribution >= 0.6 is 0 Å². The predicted molar refractivity (Wildman–Crippen MR) is 112 cm³/mol. The molecule has 2 aromatic rings. The van der Waals surface area contributed by atoms with Gasteiger partial charge in [0.05, 0.1) is 29.2 Å². The largest absolute Gasteiger partial charge is 0.334 e. The molecule has 0 atom stereocenters. The molecule has 0 saturated carbocycles. The molecule has 0 radical (unpaired) electrons. The summed E-state index contributed by atoms with van der Waals surface area (Å²) in [4.78, 5) is 40.0. The summed E-state index contributed by atoms with van der Waals surface area (Å²) < 4.78 is 1.55. The summed E-state index contributed by atoms with van der Waals surface area (Å²) in [5.41, 5.74) is 3.11. The van der Waals surface area contributed by atoms with Crippen LogP contribution in [0.4, 0.5) is 4.79 Å². The molecule has 0 bridgehead atoms. The van der Waals surface area contributed by atoms with Crippen LogP contribution in [0.3, 0.4) is 0 Å². The molecule has 1 saturated heterocycles. The van der Waals surface area contributed by atoms with E-state index in [-0.39, 0.29) is 13.1 Å². The van der Waals surface area contributed by atoms with Crippen LogP contribution in [0.15, 0.2) is 42.0 Å². The lowest BCUT2D eigenvalue weighted by molar-refractivity contribution is -0.143. The van der Waals surface area contributed by atoms with Crippen molar-refractivity contribution in [3.8, 4) is 11.8 Å². The Labute approximate surface area is 180 Å². The number of rotatable bonds is 6. The molecule has 1 aromatic heterocycles. The number of benzene rings is 1. The van der Waals surface area contributed by atoms with Gasteiger partial charge in [0.25, 0.3) is 0 Å². The molecule has 2 aliphatic rings. The fourth-order valence-corrected chi connectivity index (χ4v) is 4.07. The lowest BCUT2D eigenvalue weighted by Gasteiger charge is -2.18. The van der Waals surface area contributed by atoms with Gasteiger partial charge in [-0.3, -0.25) is 14.5 Å². The Morgan fingerprint density at radius 2 is 1.81 bits per heavy atom. The standard InChI is InChI=1S/C23H23N5O3/c1-16-19(14-24)20(28(25-16)18-10-6-3-7-11-18)15-27-22(30)21(29)26(23(27)31)13-12-17-8-4-2-5-9-17/h3,6-8,10-11H,2,4-5,9,12-13,15H2,1H3. The van der Waals surface area contributed by atoms with E-state index in [1.807, 2.05) is 30.3 Å². The number of hydrogen-bond donors (Lipinski definition) is 0.